The number of aromatic nitrogens is 4. The molecule has 0 aliphatic carbocycles. The number of H-pyrrole nitrogens is 1. The molecule has 4 heterocycles. The molecule has 6 atom stereocenters. The maximum Gasteiger partial charge on any atom is 0.328 e. The van der Waals surface area contributed by atoms with Crippen molar-refractivity contribution in [3.05, 3.63) is 75.7 Å². The lowest BCUT2D eigenvalue weighted by Crippen LogP contribution is -2.60. The number of benzene rings is 2. The van der Waals surface area contributed by atoms with Crippen LogP contribution >= 0.6 is 0 Å². The first-order chi connectivity index (χ1) is 29.5. The molecular formula is C41H57N9O11. The molecule has 2 aliphatic rings. The molecule has 11 N–H and O–H groups in total. The van der Waals surface area contributed by atoms with E-state index in [1.54, 1.807) is 24.3 Å². The minimum absolute atomic E-state index is 0.142. The van der Waals surface area contributed by atoms with Gasteiger partial charge in [0.2, 0.25) is 18.1 Å². The number of ether oxygens (including phenoxy) is 3. The van der Waals surface area contributed by atoms with Crippen molar-refractivity contribution in [2.24, 2.45) is 11.8 Å². The third-order valence-corrected chi connectivity index (χ3v) is 11.0. The fourth-order valence-corrected chi connectivity index (χ4v) is 7.46. The number of likely N-dealkylation sites (tertiary alicyclic amines) is 1. The van der Waals surface area contributed by atoms with Crippen molar-refractivity contribution in [3.63, 3.8) is 0 Å². The molecular weight excluding hydrogens is 795 g/mol. The van der Waals surface area contributed by atoms with E-state index in [4.69, 9.17) is 25.8 Å². The van der Waals surface area contributed by atoms with Crippen LogP contribution in [-0.4, -0.2) is 133 Å². The zero-order chi connectivity index (χ0) is 43.5. The highest BCUT2D eigenvalue weighted by molar-refractivity contribution is 5.88. The largest absolute Gasteiger partial charge is 0.463 e. The van der Waals surface area contributed by atoms with Crippen molar-refractivity contribution in [2.75, 3.05) is 45.2 Å². The van der Waals surface area contributed by atoms with Crippen molar-refractivity contribution in [1.29, 1.82) is 0 Å². The third-order valence-electron chi connectivity index (χ3n) is 11.0. The smallest absolute Gasteiger partial charge is 0.328 e. The van der Waals surface area contributed by atoms with Crippen molar-refractivity contribution in [3.8, 4) is 11.8 Å². The molecule has 1 unspecified atom stereocenters. The van der Waals surface area contributed by atoms with E-state index in [1.165, 1.54) is 4.57 Å². The van der Waals surface area contributed by atoms with Crippen LogP contribution in [0.2, 0.25) is 0 Å². The van der Waals surface area contributed by atoms with Crippen LogP contribution in [0.25, 0.3) is 11.2 Å². The van der Waals surface area contributed by atoms with E-state index in [2.05, 4.69) is 54.4 Å². The molecule has 0 radical (unpaired) electrons. The van der Waals surface area contributed by atoms with Gasteiger partial charge in [0.25, 0.3) is 0 Å². The predicted molar refractivity (Wildman–Crippen MR) is 221 cm³/mol. The second-order valence-corrected chi connectivity index (χ2v) is 15.5. The molecule has 61 heavy (non-hydrogen) atoms. The maximum atomic E-state index is 13.4. The number of aromatic amines is 1. The number of amides is 2. The second kappa shape index (κ2) is 21.6. The van der Waals surface area contributed by atoms with Crippen LogP contribution in [0.5, 0.6) is 11.8 Å². The number of unbranched alkanes of at least 4 members (excludes halogenated alkanes) is 1. The maximum absolute atomic E-state index is 13.4. The van der Waals surface area contributed by atoms with Crippen molar-refractivity contribution in [1.82, 2.24) is 35.1 Å². The Hall–Kier alpha value is -5.19. The van der Waals surface area contributed by atoms with Gasteiger partial charge in [0, 0.05) is 19.5 Å². The summed E-state index contributed by atoms with van der Waals surface area (Å²) in [6.45, 7) is 4.85. The summed E-state index contributed by atoms with van der Waals surface area (Å²) in [4.78, 5) is 56.8. The van der Waals surface area contributed by atoms with Crippen molar-refractivity contribution in [2.45, 2.75) is 95.3 Å². The van der Waals surface area contributed by atoms with Gasteiger partial charge >= 0.3 is 11.7 Å². The van der Waals surface area contributed by atoms with Crippen LogP contribution in [0.4, 0.5) is 5.82 Å². The Kier molecular flexibility index (Phi) is 16.0. The number of hydrogen-bond acceptors (Lipinski definition) is 16. The summed E-state index contributed by atoms with van der Waals surface area (Å²) < 4.78 is 18.3. The van der Waals surface area contributed by atoms with Gasteiger partial charge in [0.1, 0.15) is 48.3 Å². The van der Waals surface area contributed by atoms with Crippen LogP contribution in [0.1, 0.15) is 55.7 Å². The first kappa shape index (κ1) is 45.3. The molecule has 20 nitrogen and oxygen atoms in total. The molecule has 6 rings (SSSR count). The Morgan fingerprint density at radius 3 is 2.34 bits per heavy atom. The summed E-state index contributed by atoms with van der Waals surface area (Å²) in [5, 5.41) is 45.5. The van der Waals surface area contributed by atoms with Gasteiger partial charge in [0.15, 0.2) is 11.5 Å². The van der Waals surface area contributed by atoms with Gasteiger partial charge in [-0.25, -0.2) is 10.7 Å². The van der Waals surface area contributed by atoms with Gasteiger partial charge in [0.05, 0.1) is 19.8 Å². The molecule has 2 aliphatic heterocycles. The predicted octanol–water partition coefficient (Wildman–Crippen LogP) is -0.556. The van der Waals surface area contributed by atoms with Gasteiger partial charge < -0.3 is 56.0 Å². The number of imidazole rings is 1. The summed E-state index contributed by atoms with van der Waals surface area (Å²) in [6.07, 6.45) is -2.44. The number of nitrogen functional groups attached to an aromatic ring is 1. The lowest BCUT2D eigenvalue weighted by atomic mass is 9.93. The van der Waals surface area contributed by atoms with E-state index >= 15 is 0 Å². The fraction of sp³-hybridized carbons (Fsp3) is 0.537. The van der Waals surface area contributed by atoms with Crippen molar-refractivity contribution >= 4 is 28.8 Å². The summed E-state index contributed by atoms with van der Waals surface area (Å²) in [5.74, 6) is 5.01. The topological polar surface area (TPSA) is 295 Å². The standard InChI is InChI=1S/C41H57N9O11/c1-2-3-18-58-40-47-36(42)32-37(48-40)50(41(57)46-32)21-27-6-4-26(5-7-27)20-49-16-13-24(14-17-49)12-15-44-38(56)29(45-31(52)23-59-43)19-25-8-10-28(11-9-25)60-39-35(55)34(54)33(53)30(22-51)61-39/h4-11,24,29-30,33-35,39,51,53-55H,2-3,12-23,43H2,1H3,(H,44,56)(H,45,52)(H,46,57)(H2,42,47,48)/t29?,30-,33-,34+,35-,39-/m1/s1. The Morgan fingerprint density at radius 2 is 1.67 bits per heavy atom. The number of carbonyl (C=O) groups excluding carboxylic acids is 2. The van der Waals surface area contributed by atoms with E-state index in [-0.39, 0.29) is 35.6 Å². The average molecular weight is 852 g/mol. The summed E-state index contributed by atoms with van der Waals surface area (Å²) >= 11 is 0. The number of anilines is 1. The first-order valence-corrected chi connectivity index (χ1v) is 20.6. The van der Waals surface area contributed by atoms with Crippen LogP contribution in [0.15, 0.2) is 53.3 Å². The Morgan fingerprint density at radius 1 is 0.984 bits per heavy atom. The zero-order valence-electron chi connectivity index (χ0n) is 34.1. The monoisotopic (exact) mass is 851 g/mol. The summed E-state index contributed by atoms with van der Waals surface area (Å²) in [7, 11) is 0. The number of hydrogen-bond donors (Lipinski definition) is 9. The molecule has 0 saturated carbocycles. The Balaban J connectivity index is 0.950. The number of rotatable bonds is 20. The number of nitrogens with one attached hydrogen (secondary N) is 3. The van der Waals surface area contributed by atoms with E-state index in [0.717, 1.165) is 62.9 Å². The molecule has 0 bridgehead atoms. The van der Waals surface area contributed by atoms with Gasteiger partial charge in [-0.15, -0.1) is 0 Å². The van der Waals surface area contributed by atoms with Gasteiger partial charge in [-0.3, -0.25) is 23.9 Å². The van der Waals surface area contributed by atoms with Crippen molar-refractivity contribution < 1.29 is 49.1 Å². The number of nitrogens with two attached hydrogens (primary N) is 2. The highest BCUT2D eigenvalue weighted by Crippen LogP contribution is 2.26. The van der Waals surface area contributed by atoms with Crippen LogP contribution in [0, 0.1) is 5.92 Å². The molecule has 0 spiro atoms. The number of aliphatic hydroxyl groups excluding tert-OH is 4. The fourth-order valence-electron chi connectivity index (χ4n) is 7.46. The molecule has 2 saturated heterocycles. The third kappa shape index (κ3) is 12.0. The van der Waals surface area contributed by atoms with E-state index < -0.39 is 55.9 Å². The zero-order valence-corrected chi connectivity index (χ0v) is 34.1. The molecule has 332 valence electrons. The van der Waals surface area contributed by atoms with Gasteiger partial charge in [-0.1, -0.05) is 49.7 Å². The van der Waals surface area contributed by atoms with E-state index in [9.17, 15) is 34.8 Å². The summed E-state index contributed by atoms with van der Waals surface area (Å²) in [6, 6.07) is 13.9. The normalized spacial score (nSPS) is 21.6. The lowest BCUT2D eigenvalue weighted by molar-refractivity contribution is -0.277. The van der Waals surface area contributed by atoms with E-state index in [1.807, 2.05) is 12.1 Å². The van der Waals surface area contributed by atoms with Crippen LogP contribution < -0.4 is 37.4 Å². The Bertz CT molecular complexity index is 2090. The number of nitrogens with zero attached hydrogens (tertiary/aromatic N) is 4. The number of fused-ring (bicyclic) bond motifs is 1. The second-order valence-electron chi connectivity index (χ2n) is 15.5. The number of aliphatic hydroxyl groups is 4. The molecule has 20 heteroatoms. The quantitative estimate of drug-likeness (QED) is 0.0398. The first-order valence-electron chi connectivity index (χ1n) is 20.6. The minimum atomic E-state index is -1.58. The minimum Gasteiger partial charge on any atom is -0.463 e. The van der Waals surface area contributed by atoms with Gasteiger partial charge in [-0.2, -0.15) is 9.97 Å². The number of carbonyl (C=O) groups is 2. The molecule has 4 aromatic rings. The average Bonchev–Trinajstić information content (AvgIpc) is 3.57. The molecule has 2 amide bonds. The molecule has 2 fully saturated rings. The van der Waals surface area contributed by atoms with E-state index in [0.29, 0.717) is 42.3 Å². The van der Waals surface area contributed by atoms with Crippen LogP contribution in [-0.2, 0) is 38.7 Å². The Labute approximate surface area is 352 Å². The molecule has 2 aromatic heterocycles. The van der Waals surface area contributed by atoms with Crippen LogP contribution in [0.3, 0.4) is 0 Å². The van der Waals surface area contributed by atoms with Gasteiger partial charge in [-0.05, 0) is 73.5 Å². The highest BCUT2D eigenvalue weighted by atomic mass is 16.7. The number of piperidine rings is 1. The molecule has 2 aromatic carbocycles. The lowest BCUT2D eigenvalue weighted by Gasteiger charge is -2.39. The SMILES string of the molecule is CCCCOc1nc(N)c2[nH]c(=O)n(Cc3ccc(CN4CCC(CCNC(=O)C(Cc5ccc(O[C@@H]6O[C@H](CO)[C@@H](O)[C@H](O)[C@H]6O)cc5)NC(=O)CON)CC4)cc3)c2n1. The summed E-state index contributed by atoms with van der Waals surface area (Å²) in [5.41, 5.74) is 9.33. The highest BCUT2D eigenvalue weighted by Gasteiger charge is 2.44.